The molecule has 0 unspecified atom stereocenters. The zero-order valence-corrected chi connectivity index (χ0v) is 12.8. The van der Waals surface area contributed by atoms with Crippen molar-refractivity contribution in [3.05, 3.63) is 72.1 Å². The van der Waals surface area contributed by atoms with Gasteiger partial charge in [0.1, 0.15) is 36.3 Å². The van der Waals surface area contributed by atoms with Crippen LogP contribution in [0.4, 0.5) is 13.2 Å². The maximum absolute atomic E-state index is 14.2. The molecule has 0 aliphatic carbocycles. The van der Waals surface area contributed by atoms with E-state index in [-0.39, 0.29) is 28.9 Å². The Kier molecular flexibility index (Phi) is 4.85. The summed E-state index contributed by atoms with van der Waals surface area (Å²) in [5.41, 5.74) is 0.0688. The standard InChI is InChI=1S/C16H12F3N5O/c17-10-1-2-11(14(18)3-10)13(6-25)12(5-24-9-21-8-23-24)16-15(19)4-20-7-22-16/h1-4,7-9,25H,5-6H2/b13-12-. The molecule has 128 valence electrons. The molecule has 9 heteroatoms. The Labute approximate surface area is 140 Å². The molecule has 0 atom stereocenters. The van der Waals surface area contributed by atoms with Gasteiger partial charge in [-0.2, -0.15) is 5.10 Å². The molecule has 2 heterocycles. The third kappa shape index (κ3) is 3.56. The van der Waals surface area contributed by atoms with Crippen molar-refractivity contribution in [1.82, 2.24) is 24.7 Å². The molecule has 0 bridgehead atoms. The lowest BCUT2D eigenvalue weighted by Gasteiger charge is -2.15. The van der Waals surface area contributed by atoms with Gasteiger partial charge in [-0.15, -0.1) is 0 Å². The van der Waals surface area contributed by atoms with Crippen molar-refractivity contribution >= 4 is 11.1 Å². The number of aliphatic hydroxyl groups excluding tert-OH is 1. The topological polar surface area (TPSA) is 76.7 Å². The van der Waals surface area contributed by atoms with Crippen LogP contribution in [0.15, 0.2) is 43.4 Å². The van der Waals surface area contributed by atoms with Gasteiger partial charge < -0.3 is 5.11 Å². The van der Waals surface area contributed by atoms with E-state index < -0.39 is 24.1 Å². The first-order chi connectivity index (χ1) is 12.1. The SMILES string of the molecule is OC/C(=C(\Cn1cncn1)c1ncncc1F)c1ccc(F)cc1F. The Balaban J connectivity index is 2.22. The molecule has 0 spiro atoms. The summed E-state index contributed by atoms with van der Waals surface area (Å²) in [7, 11) is 0. The number of hydrogen-bond donors (Lipinski definition) is 1. The molecule has 0 saturated heterocycles. The molecule has 3 rings (SSSR count). The highest BCUT2D eigenvalue weighted by molar-refractivity contribution is 5.90. The summed E-state index contributed by atoms with van der Waals surface area (Å²) < 4.78 is 43.0. The minimum atomic E-state index is -0.880. The maximum Gasteiger partial charge on any atom is 0.167 e. The molecule has 2 aromatic heterocycles. The lowest BCUT2D eigenvalue weighted by molar-refractivity contribution is 0.349. The van der Waals surface area contributed by atoms with Gasteiger partial charge >= 0.3 is 0 Å². The Morgan fingerprint density at radius 2 is 1.88 bits per heavy atom. The number of hydrogen-bond acceptors (Lipinski definition) is 5. The highest BCUT2D eigenvalue weighted by atomic mass is 19.1. The van der Waals surface area contributed by atoms with Crippen LogP contribution < -0.4 is 0 Å². The van der Waals surface area contributed by atoms with Crippen LogP contribution in [0.1, 0.15) is 11.3 Å². The van der Waals surface area contributed by atoms with Crippen molar-refractivity contribution in [2.75, 3.05) is 6.61 Å². The van der Waals surface area contributed by atoms with Crippen LogP contribution >= 0.6 is 0 Å². The van der Waals surface area contributed by atoms with Crippen LogP contribution in [0, 0.1) is 17.5 Å². The molecule has 1 aromatic carbocycles. The molecule has 0 fully saturated rings. The fourth-order valence-electron chi connectivity index (χ4n) is 2.40. The number of rotatable bonds is 5. The van der Waals surface area contributed by atoms with Gasteiger partial charge in [-0.3, -0.25) is 0 Å². The predicted molar refractivity (Wildman–Crippen MR) is 82.3 cm³/mol. The molecular weight excluding hydrogens is 335 g/mol. The molecule has 0 radical (unpaired) electrons. The van der Waals surface area contributed by atoms with E-state index in [9.17, 15) is 18.3 Å². The first-order valence-corrected chi connectivity index (χ1v) is 7.16. The van der Waals surface area contributed by atoms with Crippen molar-refractivity contribution < 1.29 is 18.3 Å². The fraction of sp³-hybridized carbons (Fsp3) is 0.125. The first kappa shape index (κ1) is 16.8. The van der Waals surface area contributed by atoms with Crippen LogP contribution in [0.25, 0.3) is 11.1 Å². The summed E-state index contributed by atoms with van der Waals surface area (Å²) in [6.07, 6.45) is 4.76. The maximum atomic E-state index is 14.2. The van der Waals surface area contributed by atoms with Crippen LogP contribution in [-0.2, 0) is 6.54 Å². The largest absolute Gasteiger partial charge is 0.392 e. The van der Waals surface area contributed by atoms with Gasteiger partial charge in [0.05, 0.1) is 19.3 Å². The van der Waals surface area contributed by atoms with Crippen molar-refractivity contribution in [2.24, 2.45) is 0 Å². The highest BCUT2D eigenvalue weighted by Crippen LogP contribution is 2.29. The number of halogens is 3. The number of benzene rings is 1. The second-order valence-electron chi connectivity index (χ2n) is 5.05. The first-order valence-electron chi connectivity index (χ1n) is 7.16. The molecule has 0 amide bonds. The third-order valence-corrected chi connectivity index (χ3v) is 3.52. The quantitative estimate of drug-likeness (QED) is 0.765. The summed E-state index contributed by atoms with van der Waals surface area (Å²) in [5.74, 6) is -2.38. The van der Waals surface area contributed by atoms with E-state index in [1.165, 1.54) is 23.4 Å². The van der Waals surface area contributed by atoms with Gasteiger partial charge in [0.2, 0.25) is 0 Å². The van der Waals surface area contributed by atoms with Crippen molar-refractivity contribution in [3.63, 3.8) is 0 Å². The highest BCUT2D eigenvalue weighted by Gasteiger charge is 2.19. The van der Waals surface area contributed by atoms with Gasteiger partial charge in [0, 0.05) is 17.2 Å². The Hall–Kier alpha value is -3.07. The lowest BCUT2D eigenvalue weighted by Crippen LogP contribution is -2.10. The van der Waals surface area contributed by atoms with E-state index in [2.05, 4.69) is 20.1 Å². The summed E-state index contributed by atoms with van der Waals surface area (Å²) >= 11 is 0. The van der Waals surface area contributed by atoms with Gasteiger partial charge in [0.15, 0.2) is 5.82 Å². The van der Waals surface area contributed by atoms with Crippen LogP contribution in [0.5, 0.6) is 0 Å². The molecule has 6 nitrogen and oxygen atoms in total. The molecule has 0 aliphatic heterocycles. The molecular formula is C16H12F3N5O. The monoisotopic (exact) mass is 347 g/mol. The molecule has 0 saturated carbocycles. The van der Waals surface area contributed by atoms with Crippen LogP contribution in [0.2, 0.25) is 0 Å². The van der Waals surface area contributed by atoms with Gasteiger partial charge in [-0.1, -0.05) is 0 Å². The summed E-state index contributed by atoms with van der Waals surface area (Å²) in [5, 5.41) is 13.7. The predicted octanol–water partition coefficient (Wildman–Crippen LogP) is 2.09. The molecule has 1 N–H and O–H groups in total. The van der Waals surface area contributed by atoms with E-state index in [0.29, 0.717) is 6.07 Å². The third-order valence-electron chi connectivity index (χ3n) is 3.52. The smallest absolute Gasteiger partial charge is 0.167 e. The Morgan fingerprint density at radius 3 is 2.52 bits per heavy atom. The average Bonchev–Trinajstić information content (AvgIpc) is 3.10. The number of aliphatic hydroxyl groups is 1. The second kappa shape index (κ2) is 7.22. The van der Waals surface area contributed by atoms with E-state index in [4.69, 9.17) is 0 Å². The second-order valence-corrected chi connectivity index (χ2v) is 5.05. The van der Waals surface area contributed by atoms with Gasteiger partial charge in [-0.25, -0.2) is 32.8 Å². The van der Waals surface area contributed by atoms with E-state index >= 15 is 0 Å². The minimum absolute atomic E-state index is 0.0271. The van der Waals surface area contributed by atoms with Gasteiger partial charge in [0.25, 0.3) is 0 Å². The zero-order valence-electron chi connectivity index (χ0n) is 12.8. The van der Waals surface area contributed by atoms with Crippen molar-refractivity contribution in [1.29, 1.82) is 0 Å². The van der Waals surface area contributed by atoms with E-state index in [1.54, 1.807) is 0 Å². The normalized spacial score (nSPS) is 12.2. The number of allylic oxidation sites excluding steroid dienone is 1. The minimum Gasteiger partial charge on any atom is -0.392 e. The summed E-state index contributed by atoms with van der Waals surface area (Å²) in [6, 6.07) is 2.92. The van der Waals surface area contributed by atoms with Crippen molar-refractivity contribution in [3.8, 4) is 0 Å². The summed E-state index contributed by atoms with van der Waals surface area (Å²) in [4.78, 5) is 11.3. The number of nitrogens with zero attached hydrogens (tertiary/aromatic N) is 5. The Morgan fingerprint density at radius 1 is 1.04 bits per heavy atom. The molecule has 25 heavy (non-hydrogen) atoms. The molecule has 3 aromatic rings. The van der Waals surface area contributed by atoms with E-state index in [0.717, 1.165) is 18.6 Å². The Bertz CT molecular complexity index is 912. The summed E-state index contributed by atoms with van der Waals surface area (Å²) in [6.45, 7) is -0.642. The number of aromatic nitrogens is 5. The van der Waals surface area contributed by atoms with E-state index in [1.807, 2.05) is 0 Å². The zero-order chi connectivity index (χ0) is 17.8. The van der Waals surface area contributed by atoms with Gasteiger partial charge in [-0.05, 0) is 17.7 Å². The van der Waals surface area contributed by atoms with Crippen LogP contribution in [-0.4, -0.2) is 36.4 Å². The fourth-order valence-corrected chi connectivity index (χ4v) is 2.40. The van der Waals surface area contributed by atoms with Crippen molar-refractivity contribution in [2.45, 2.75) is 6.54 Å². The average molecular weight is 347 g/mol. The molecule has 0 aliphatic rings. The van der Waals surface area contributed by atoms with Crippen LogP contribution in [0.3, 0.4) is 0 Å². The lowest BCUT2D eigenvalue weighted by atomic mass is 9.97.